The standard InChI is InChI=1S/C19H14F2N4O3S/c1-28-19-17(24-29(26,27)13-5-3-2-4-6-13)16(20)15(18(21)23-19)12-7-8-14-22-9-10-25(14)11-12/h2-11,24H,1H3. The highest BCUT2D eigenvalue weighted by Crippen LogP contribution is 2.36. The summed E-state index contributed by atoms with van der Waals surface area (Å²) in [6.45, 7) is 0. The minimum atomic E-state index is -4.15. The third-order valence-corrected chi connectivity index (χ3v) is 5.59. The van der Waals surface area contributed by atoms with Crippen molar-refractivity contribution in [1.82, 2.24) is 14.4 Å². The van der Waals surface area contributed by atoms with Gasteiger partial charge in [-0.05, 0) is 24.3 Å². The Morgan fingerprint density at radius 2 is 1.86 bits per heavy atom. The van der Waals surface area contributed by atoms with E-state index >= 15 is 4.39 Å². The number of fused-ring (bicyclic) bond motifs is 1. The number of pyridine rings is 2. The van der Waals surface area contributed by atoms with Gasteiger partial charge in [-0.25, -0.2) is 17.8 Å². The molecule has 29 heavy (non-hydrogen) atoms. The number of ether oxygens (including phenoxy) is 1. The van der Waals surface area contributed by atoms with Crippen LogP contribution in [0, 0.1) is 11.8 Å². The Hall–Kier alpha value is -3.53. The number of hydrogen-bond acceptors (Lipinski definition) is 5. The lowest BCUT2D eigenvalue weighted by Crippen LogP contribution is -2.16. The van der Waals surface area contributed by atoms with Crippen LogP contribution < -0.4 is 9.46 Å². The van der Waals surface area contributed by atoms with Gasteiger partial charge in [-0.2, -0.15) is 9.37 Å². The van der Waals surface area contributed by atoms with Gasteiger partial charge in [-0.15, -0.1) is 0 Å². The number of methoxy groups -OCH3 is 1. The van der Waals surface area contributed by atoms with E-state index in [-0.39, 0.29) is 10.5 Å². The molecule has 0 atom stereocenters. The number of halogens is 2. The van der Waals surface area contributed by atoms with Crippen molar-refractivity contribution in [2.75, 3.05) is 11.8 Å². The largest absolute Gasteiger partial charge is 0.479 e. The van der Waals surface area contributed by atoms with Crippen LogP contribution in [0.5, 0.6) is 5.88 Å². The van der Waals surface area contributed by atoms with E-state index in [0.717, 1.165) is 7.11 Å². The van der Waals surface area contributed by atoms with E-state index in [0.29, 0.717) is 5.65 Å². The van der Waals surface area contributed by atoms with Crippen LogP contribution in [0.4, 0.5) is 14.5 Å². The molecular formula is C19H14F2N4O3S. The highest BCUT2D eigenvalue weighted by Gasteiger charge is 2.26. The molecule has 0 spiro atoms. The summed E-state index contributed by atoms with van der Waals surface area (Å²) in [6.07, 6.45) is 4.62. The van der Waals surface area contributed by atoms with Crippen LogP contribution in [-0.2, 0) is 10.0 Å². The molecule has 0 unspecified atom stereocenters. The lowest BCUT2D eigenvalue weighted by atomic mass is 10.1. The van der Waals surface area contributed by atoms with Gasteiger partial charge < -0.3 is 9.14 Å². The molecule has 0 saturated carbocycles. The molecule has 7 nitrogen and oxygen atoms in total. The maximum Gasteiger partial charge on any atom is 0.262 e. The predicted molar refractivity (Wildman–Crippen MR) is 102 cm³/mol. The fraction of sp³-hybridized carbons (Fsp3) is 0.0526. The molecule has 0 aliphatic carbocycles. The molecule has 4 rings (SSSR count). The second-order valence-electron chi connectivity index (χ2n) is 6.00. The Bertz CT molecular complexity index is 1310. The van der Waals surface area contributed by atoms with E-state index < -0.39 is 38.9 Å². The summed E-state index contributed by atoms with van der Waals surface area (Å²) in [6, 6.07) is 10.4. The number of anilines is 1. The number of nitrogens with zero attached hydrogens (tertiary/aromatic N) is 3. The summed E-state index contributed by atoms with van der Waals surface area (Å²) in [5, 5.41) is 0. The number of sulfonamides is 1. The molecule has 0 saturated heterocycles. The van der Waals surface area contributed by atoms with Gasteiger partial charge in [0.2, 0.25) is 11.8 Å². The van der Waals surface area contributed by atoms with Crippen LogP contribution in [0.25, 0.3) is 16.8 Å². The van der Waals surface area contributed by atoms with Crippen molar-refractivity contribution in [3.8, 4) is 17.0 Å². The van der Waals surface area contributed by atoms with Crippen LogP contribution in [0.1, 0.15) is 0 Å². The van der Waals surface area contributed by atoms with Crippen molar-refractivity contribution in [1.29, 1.82) is 0 Å². The molecule has 3 aromatic heterocycles. The first-order valence-electron chi connectivity index (χ1n) is 8.34. The zero-order valence-corrected chi connectivity index (χ0v) is 15.8. The second-order valence-corrected chi connectivity index (χ2v) is 7.69. The lowest BCUT2D eigenvalue weighted by Gasteiger charge is -2.15. The molecule has 0 radical (unpaired) electrons. The van der Waals surface area contributed by atoms with E-state index in [1.165, 1.54) is 42.7 Å². The lowest BCUT2D eigenvalue weighted by molar-refractivity contribution is 0.386. The first-order chi connectivity index (χ1) is 13.9. The monoisotopic (exact) mass is 416 g/mol. The number of rotatable bonds is 5. The van der Waals surface area contributed by atoms with Crippen molar-refractivity contribution in [2.45, 2.75) is 4.90 Å². The van der Waals surface area contributed by atoms with E-state index in [2.05, 4.69) is 14.7 Å². The molecule has 1 N–H and O–H groups in total. The maximum absolute atomic E-state index is 15.3. The van der Waals surface area contributed by atoms with Crippen molar-refractivity contribution in [2.24, 2.45) is 0 Å². The van der Waals surface area contributed by atoms with Crippen LogP contribution >= 0.6 is 0 Å². The minimum absolute atomic E-state index is 0.0906. The Balaban J connectivity index is 1.87. The summed E-state index contributed by atoms with van der Waals surface area (Å²) in [7, 11) is -3.02. The fourth-order valence-electron chi connectivity index (χ4n) is 2.85. The molecule has 0 bridgehead atoms. The quantitative estimate of drug-likeness (QED) is 0.504. The SMILES string of the molecule is COc1nc(F)c(-c2ccc3nccn3c2)c(F)c1NS(=O)(=O)c1ccccc1. The zero-order chi connectivity index (χ0) is 20.6. The summed E-state index contributed by atoms with van der Waals surface area (Å²) >= 11 is 0. The molecule has 148 valence electrons. The Morgan fingerprint density at radius 1 is 1.10 bits per heavy atom. The maximum atomic E-state index is 15.3. The number of imidazole rings is 1. The van der Waals surface area contributed by atoms with Gasteiger partial charge in [0.05, 0.1) is 17.6 Å². The normalized spacial score (nSPS) is 11.6. The van der Waals surface area contributed by atoms with Gasteiger partial charge >= 0.3 is 0 Å². The third kappa shape index (κ3) is 3.38. The van der Waals surface area contributed by atoms with Crippen LogP contribution in [0.3, 0.4) is 0 Å². The van der Waals surface area contributed by atoms with E-state index in [4.69, 9.17) is 4.74 Å². The number of hydrogen-bond donors (Lipinski definition) is 1. The van der Waals surface area contributed by atoms with E-state index in [1.54, 1.807) is 22.7 Å². The third-order valence-electron chi connectivity index (χ3n) is 4.22. The molecule has 0 aliphatic rings. The zero-order valence-electron chi connectivity index (χ0n) is 15.0. The highest BCUT2D eigenvalue weighted by molar-refractivity contribution is 7.92. The van der Waals surface area contributed by atoms with Gasteiger partial charge in [-0.1, -0.05) is 18.2 Å². The summed E-state index contributed by atoms with van der Waals surface area (Å²) in [5.74, 6) is -2.80. The fourth-order valence-corrected chi connectivity index (χ4v) is 3.93. The average Bonchev–Trinajstić information content (AvgIpc) is 3.18. The van der Waals surface area contributed by atoms with Crippen molar-refractivity contribution < 1.29 is 21.9 Å². The van der Waals surface area contributed by atoms with Gasteiger partial charge in [-0.3, -0.25) is 4.72 Å². The van der Waals surface area contributed by atoms with E-state index in [1.807, 2.05) is 0 Å². The van der Waals surface area contributed by atoms with Crippen LogP contribution in [0.15, 0.2) is 66.0 Å². The molecule has 4 aromatic rings. The molecule has 0 fully saturated rings. The predicted octanol–water partition coefficient (Wildman–Crippen LogP) is 3.48. The van der Waals surface area contributed by atoms with Crippen molar-refractivity contribution in [3.05, 3.63) is 72.8 Å². The molecule has 0 aliphatic heterocycles. The Kier molecular flexibility index (Phi) is 4.63. The Morgan fingerprint density at radius 3 is 2.59 bits per heavy atom. The van der Waals surface area contributed by atoms with Gasteiger partial charge in [0.1, 0.15) is 11.3 Å². The van der Waals surface area contributed by atoms with Gasteiger partial charge in [0, 0.05) is 24.2 Å². The Labute approximate surface area is 164 Å². The summed E-state index contributed by atoms with van der Waals surface area (Å²) < 4.78 is 63.8. The van der Waals surface area contributed by atoms with Gasteiger partial charge in [0.25, 0.3) is 10.0 Å². The molecule has 0 amide bonds. The highest BCUT2D eigenvalue weighted by atomic mass is 32.2. The first kappa shape index (κ1) is 18.8. The second kappa shape index (κ2) is 7.13. The summed E-state index contributed by atoms with van der Waals surface area (Å²) in [5.41, 5.74) is -0.340. The molecule has 3 heterocycles. The van der Waals surface area contributed by atoms with Crippen LogP contribution in [0.2, 0.25) is 0 Å². The average molecular weight is 416 g/mol. The summed E-state index contributed by atoms with van der Waals surface area (Å²) in [4.78, 5) is 7.58. The van der Waals surface area contributed by atoms with Crippen LogP contribution in [-0.4, -0.2) is 29.9 Å². The van der Waals surface area contributed by atoms with Crippen molar-refractivity contribution >= 4 is 21.4 Å². The van der Waals surface area contributed by atoms with Gasteiger partial charge in [0.15, 0.2) is 5.82 Å². The van der Waals surface area contributed by atoms with E-state index in [9.17, 15) is 12.8 Å². The molecule has 10 heteroatoms. The topological polar surface area (TPSA) is 85.6 Å². The minimum Gasteiger partial charge on any atom is -0.479 e. The number of benzene rings is 1. The number of nitrogens with one attached hydrogen (secondary N) is 1. The smallest absolute Gasteiger partial charge is 0.262 e. The number of aromatic nitrogens is 3. The molecule has 1 aromatic carbocycles. The first-order valence-corrected chi connectivity index (χ1v) is 9.83. The van der Waals surface area contributed by atoms with Crippen molar-refractivity contribution in [3.63, 3.8) is 0 Å². The molecular weight excluding hydrogens is 402 g/mol.